The molecule has 11 heavy (non-hydrogen) atoms. The zero-order chi connectivity index (χ0) is 8.65. The Kier molecular flexibility index (Phi) is 1.78. The van der Waals surface area contributed by atoms with E-state index in [0.717, 1.165) is 18.4 Å². The molecule has 0 aromatic rings. The number of hydrogen-bond donors (Lipinski definition) is 1. The van der Waals surface area contributed by atoms with E-state index in [1.165, 1.54) is 0 Å². The Labute approximate surface area is 66.9 Å². The minimum atomic E-state index is -0.738. The number of rotatable bonds is 3. The highest BCUT2D eigenvalue weighted by Crippen LogP contribution is 2.53. The van der Waals surface area contributed by atoms with Crippen molar-refractivity contribution in [3.05, 3.63) is 11.1 Å². The summed E-state index contributed by atoms with van der Waals surface area (Å²) in [7, 11) is 0. The molecule has 0 aromatic carbocycles. The Bertz CT molecular complexity index is 224. The molecule has 0 unspecified atom stereocenters. The summed E-state index contributed by atoms with van der Waals surface area (Å²) in [6.45, 7) is 6.02. The van der Waals surface area contributed by atoms with Gasteiger partial charge < -0.3 is 5.11 Å². The van der Waals surface area contributed by atoms with E-state index in [1.807, 2.05) is 13.8 Å². The molecule has 0 spiro atoms. The molecule has 0 saturated carbocycles. The Morgan fingerprint density at radius 3 is 2.36 bits per heavy atom. The maximum absolute atomic E-state index is 10.6. The van der Waals surface area contributed by atoms with Crippen molar-refractivity contribution in [2.45, 2.75) is 33.6 Å². The molecule has 1 N–H and O–H groups in total. The van der Waals surface area contributed by atoms with E-state index in [2.05, 4.69) is 6.92 Å². The average molecular weight is 154 g/mol. The first-order valence-electron chi connectivity index (χ1n) is 3.99. The van der Waals surface area contributed by atoms with Gasteiger partial charge in [0.2, 0.25) is 0 Å². The molecule has 1 rings (SSSR count). The van der Waals surface area contributed by atoms with Gasteiger partial charge in [0.25, 0.3) is 0 Å². The largest absolute Gasteiger partial charge is 0.478 e. The summed E-state index contributed by atoms with van der Waals surface area (Å²) in [6, 6.07) is 0. The van der Waals surface area contributed by atoms with Gasteiger partial charge in [-0.25, -0.2) is 4.79 Å². The zero-order valence-corrected chi connectivity index (χ0v) is 7.27. The van der Waals surface area contributed by atoms with Crippen LogP contribution in [0, 0.1) is 5.41 Å². The highest BCUT2D eigenvalue weighted by Gasteiger charge is 2.48. The van der Waals surface area contributed by atoms with E-state index < -0.39 is 5.97 Å². The van der Waals surface area contributed by atoms with Crippen LogP contribution in [0.5, 0.6) is 0 Å². The van der Waals surface area contributed by atoms with Gasteiger partial charge in [0.05, 0.1) is 0 Å². The smallest absolute Gasteiger partial charge is 0.332 e. The van der Waals surface area contributed by atoms with Gasteiger partial charge in [0, 0.05) is 11.0 Å². The van der Waals surface area contributed by atoms with Gasteiger partial charge in [-0.3, -0.25) is 0 Å². The molecule has 0 aliphatic heterocycles. The third kappa shape index (κ3) is 1.17. The molecule has 0 atom stereocenters. The van der Waals surface area contributed by atoms with Gasteiger partial charge in [-0.15, -0.1) is 0 Å². The Morgan fingerprint density at radius 1 is 1.55 bits per heavy atom. The minimum Gasteiger partial charge on any atom is -0.478 e. The monoisotopic (exact) mass is 154 g/mol. The number of carbonyl (C=O) groups is 1. The molecule has 0 aromatic heterocycles. The molecule has 0 heterocycles. The third-order valence-corrected chi connectivity index (χ3v) is 2.33. The average Bonchev–Trinajstić information content (AvgIpc) is 2.35. The summed E-state index contributed by atoms with van der Waals surface area (Å²) in [6.07, 6.45) is 1.98. The minimum absolute atomic E-state index is 0.109. The van der Waals surface area contributed by atoms with E-state index >= 15 is 0 Å². The lowest BCUT2D eigenvalue weighted by atomic mass is 10.0. The Balaban J connectivity index is 2.70. The molecular weight excluding hydrogens is 140 g/mol. The zero-order valence-electron chi connectivity index (χ0n) is 7.27. The van der Waals surface area contributed by atoms with E-state index in [-0.39, 0.29) is 5.41 Å². The first kappa shape index (κ1) is 8.31. The topological polar surface area (TPSA) is 37.3 Å². The molecule has 62 valence electrons. The molecule has 0 fully saturated rings. The highest BCUT2D eigenvalue weighted by molar-refractivity contribution is 5.96. The van der Waals surface area contributed by atoms with Crippen LogP contribution in [-0.4, -0.2) is 11.1 Å². The second-order valence-corrected chi connectivity index (χ2v) is 3.53. The van der Waals surface area contributed by atoms with Crippen molar-refractivity contribution in [3.8, 4) is 0 Å². The van der Waals surface area contributed by atoms with Gasteiger partial charge >= 0.3 is 5.97 Å². The van der Waals surface area contributed by atoms with Crippen molar-refractivity contribution in [1.82, 2.24) is 0 Å². The molecule has 1 aliphatic carbocycles. The second-order valence-electron chi connectivity index (χ2n) is 3.53. The number of aliphatic carboxylic acids is 1. The molecule has 1 aliphatic rings. The van der Waals surface area contributed by atoms with Crippen LogP contribution in [0.15, 0.2) is 11.1 Å². The summed E-state index contributed by atoms with van der Waals surface area (Å²) in [5.74, 6) is -0.738. The van der Waals surface area contributed by atoms with Crippen LogP contribution in [0.2, 0.25) is 0 Å². The molecule has 2 heteroatoms. The summed E-state index contributed by atoms with van der Waals surface area (Å²) in [4.78, 5) is 10.6. The van der Waals surface area contributed by atoms with E-state index in [9.17, 15) is 4.79 Å². The Morgan fingerprint density at radius 2 is 2.09 bits per heavy atom. The molecule has 0 amide bonds. The number of carboxylic acid groups (broad SMARTS) is 1. The van der Waals surface area contributed by atoms with E-state index in [0.29, 0.717) is 5.57 Å². The molecule has 0 bridgehead atoms. The van der Waals surface area contributed by atoms with Crippen molar-refractivity contribution in [2.24, 2.45) is 5.41 Å². The van der Waals surface area contributed by atoms with E-state index in [1.54, 1.807) is 0 Å². The van der Waals surface area contributed by atoms with Crippen molar-refractivity contribution in [2.75, 3.05) is 0 Å². The summed E-state index contributed by atoms with van der Waals surface area (Å²) in [5.41, 5.74) is 1.66. The van der Waals surface area contributed by atoms with Crippen molar-refractivity contribution < 1.29 is 9.90 Å². The normalized spacial score (nSPS) is 20.3. The van der Waals surface area contributed by atoms with Crippen LogP contribution in [0.3, 0.4) is 0 Å². The molecule has 0 radical (unpaired) electrons. The quantitative estimate of drug-likeness (QED) is 0.676. The highest BCUT2D eigenvalue weighted by atomic mass is 16.4. The second kappa shape index (κ2) is 2.36. The van der Waals surface area contributed by atoms with Gasteiger partial charge in [-0.2, -0.15) is 0 Å². The Hall–Kier alpha value is -0.790. The fraction of sp³-hybridized carbons (Fsp3) is 0.667. The standard InChI is InChI=1S/C9H14O2/c1-4-5-6-7(8(10)11)9(6,2)3/h4-5H2,1-3H3,(H,10,11). The van der Waals surface area contributed by atoms with Crippen molar-refractivity contribution >= 4 is 5.97 Å². The number of hydrogen-bond acceptors (Lipinski definition) is 1. The predicted octanol–water partition coefficient (Wildman–Crippen LogP) is 2.21. The lowest BCUT2D eigenvalue weighted by Crippen LogP contribution is -2.00. The maximum atomic E-state index is 10.6. The lowest BCUT2D eigenvalue weighted by molar-refractivity contribution is -0.132. The molecule has 2 nitrogen and oxygen atoms in total. The third-order valence-electron chi connectivity index (χ3n) is 2.33. The predicted molar refractivity (Wildman–Crippen MR) is 43.4 cm³/mol. The van der Waals surface area contributed by atoms with Crippen molar-refractivity contribution in [1.29, 1.82) is 0 Å². The number of allylic oxidation sites excluding steroid dienone is 1. The summed E-state index contributed by atoms with van der Waals surface area (Å²) < 4.78 is 0. The van der Waals surface area contributed by atoms with Crippen LogP contribution < -0.4 is 0 Å². The van der Waals surface area contributed by atoms with Gasteiger partial charge in [0.15, 0.2) is 0 Å². The summed E-state index contributed by atoms with van der Waals surface area (Å²) in [5, 5.41) is 8.73. The first-order chi connectivity index (χ1) is 5.01. The number of carboxylic acids is 1. The van der Waals surface area contributed by atoms with Crippen LogP contribution >= 0.6 is 0 Å². The van der Waals surface area contributed by atoms with Crippen LogP contribution in [0.1, 0.15) is 33.6 Å². The summed E-state index contributed by atoms with van der Waals surface area (Å²) >= 11 is 0. The van der Waals surface area contributed by atoms with Gasteiger partial charge in [0.1, 0.15) is 0 Å². The van der Waals surface area contributed by atoms with Gasteiger partial charge in [-0.1, -0.05) is 27.2 Å². The first-order valence-corrected chi connectivity index (χ1v) is 3.99. The van der Waals surface area contributed by atoms with E-state index in [4.69, 9.17) is 5.11 Å². The maximum Gasteiger partial charge on any atom is 0.332 e. The molecule has 0 saturated heterocycles. The van der Waals surface area contributed by atoms with Crippen LogP contribution in [-0.2, 0) is 4.79 Å². The lowest BCUT2D eigenvalue weighted by Gasteiger charge is -2.01. The van der Waals surface area contributed by atoms with Crippen LogP contribution in [0.4, 0.5) is 0 Å². The molecular formula is C9H14O2. The fourth-order valence-corrected chi connectivity index (χ4v) is 1.63. The van der Waals surface area contributed by atoms with Crippen molar-refractivity contribution in [3.63, 3.8) is 0 Å². The van der Waals surface area contributed by atoms with Crippen LogP contribution in [0.25, 0.3) is 0 Å². The van der Waals surface area contributed by atoms with Gasteiger partial charge in [-0.05, 0) is 12.0 Å². The SMILES string of the molecule is CCCC1=C(C(=O)O)C1(C)C. The fourth-order valence-electron chi connectivity index (χ4n) is 1.63.